The van der Waals surface area contributed by atoms with Gasteiger partial charge in [0.05, 0.1) is 30.9 Å². The Balaban J connectivity index is 1.80. The van der Waals surface area contributed by atoms with Crippen LogP contribution in [-0.4, -0.2) is 41.9 Å². The van der Waals surface area contributed by atoms with Gasteiger partial charge in [-0.15, -0.1) is 0 Å². The molecule has 1 amide bonds. The molecule has 1 aromatic carbocycles. The summed E-state index contributed by atoms with van der Waals surface area (Å²) in [6.07, 6.45) is -2.59. The van der Waals surface area contributed by atoms with Gasteiger partial charge in [-0.3, -0.25) is 4.90 Å². The highest BCUT2D eigenvalue weighted by Gasteiger charge is 2.40. The van der Waals surface area contributed by atoms with Crippen LogP contribution in [0.3, 0.4) is 0 Å². The minimum Gasteiger partial charge on any atom is -0.444 e. The first-order valence-electron chi connectivity index (χ1n) is 9.08. The number of carbonyl (C=O) groups excluding carboxylic acids is 1. The number of hydrogen-bond donors (Lipinski definition) is 0. The second kappa shape index (κ2) is 7.39. The van der Waals surface area contributed by atoms with Gasteiger partial charge < -0.3 is 9.47 Å². The van der Waals surface area contributed by atoms with Crippen molar-refractivity contribution in [2.75, 3.05) is 13.2 Å². The average Bonchev–Trinajstić information content (AvgIpc) is 2.50. The van der Waals surface area contributed by atoms with E-state index in [1.54, 1.807) is 25.7 Å². The second-order valence-corrected chi connectivity index (χ2v) is 8.20. The van der Waals surface area contributed by atoms with Gasteiger partial charge in [0.2, 0.25) is 0 Å². The van der Waals surface area contributed by atoms with Crippen molar-refractivity contribution in [2.45, 2.75) is 57.5 Å². The normalized spacial score (nSPS) is 22.7. The quantitative estimate of drug-likeness (QED) is 0.532. The first-order chi connectivity index (χ1) is 12.9. The number of amides is 1. The summed E-state index contributed by atoms with van der Waals surface area (Å²) in [5, 5.41) is 0. The van der Waals surface area contributed by atoms with Crippen LogP contribution >= 0.6 is 0 Å². The summed E-state index contributed by atoms with van der Waals surface area (Å²) in [4.78, 5) is 14.2. The maximum absolute atomic E-state index is 13.7. The summed E-state index contributed by atoms with van der Waals surface area (Å²) in [6.45, 7) is 5.96. The molecule has 2 aliphatic rings. The number of morpholine rings is 1. The molecule has 0 aliphatic carbocycles. The van der Waals surface area contributed by atoms with Gasteiger partial charge >= 0.3 is 12.3 Å². The molecule has 154 valence electrons. The molecule has 1 fully saturated rings. The van der Waals surface area contributed by atoms with E-state index in [0.29, 0.717) is 19.1 Å². The number of carbonyl (C=O) groups is 1. The lowest BCUT2D eigenvalue weighted by atomic mass is 9.90. The van der Waals surface area contributed by atoms with Gasteiger partial charge in [0.25, 0.3) is 0 Å². The summed E-state index contributed by atoms with van der Waals surface area (Å²) in [6, 6.07) is 1.96. The number of rotatable bonds is 2. The molecule has 0 aromatic heterocycles. The van der Waals surface area contributed by atoms with E-state index in [1.165, 1.54) is 0 Å². The van der Waals surface area contributed by atoms with Gasteiger partial charge in [-0.1, -0.05) is 11.6 Å². The molecular weight excluding hydrogens is 378 g/mol. The summed E-state index contributed by atoms with van der Waals surface area (Å²) in [5.41, 5.74) is -0.524. The van der Waals surface area contributed by atoms with E-state index in [-0.39, 0.29) is 30.7 Å². The van der Waals surface area contributed by atoms with Crippen molar-refractivity contribution in [1.82, 2.24) is 4.90 Å². The molecular formula is C20H23F4NO3. The Morgan fingerprint density at radius 2 is 1.93 bits per heavy atom. The third kappa shape index (κ3) is 4.84. The van der Waals surface area contributed by atoms with Gasteiger partial charge in [-0.05, 0) is 57.4 Å². The van der Waals surface area contributed by atoms with Gasteiger partial charge in [-0.2, -0.15) is 13.2 Å². The minimum atomic E-state index is -4.60. The lowest BCUT2D eigenvalue weighted by molar-refractivity contribution is -0.137. The van der Waals surface area contributed by atoms with Crippen LogP contribution in [0.25, 0.3) is 0 Å². The number of ether oxygens (including phenoxy) is 2. The van der Waals surface area contributed by atoms with Crippen LogP contribution in [-0.2, 0) is 22.1 Å². The Labute approximate surface area is 161 Å². The molecule has 0 radical (unpaired) electrons. The van der Waals surface area contributed by atoms with E-state index in [2.05, 4.69) is 0 Å². The minimum absolute atomic E-state index is 0.190. The van der Waals surface area contributed by atoms with Crippen molar-refractivity contribution >= 4 is 6.09 Å². The van der Waals surface area contributed by atoms with E-state index in [1.807, 2.05) is 6.08 Å². The molecule has 2 aliphatic heterocycles. The molecule has 0 spiro atoms. The number of alkyl halides is 3. The zero-order valence-corrected chi connectivity index (χ0v) is 16.0. The monoisotopic (exact) mass is 401 g/mol. The standard InChI is InChI=1S/C20H23F4NO3/c1-19(2,3)28-18(26)25-16-7-13(8-17(25)11-27-10-16)4-12-5-14(20(22,23)24)9-15(21)6-12/h5-7,9,16-17H,4,8,10-11H2,1-3H3. The van der Waals surface area contributed by atoms with E-state index in [0.717, 1.165) is 17.7 Å². The topological polar surface area (TPSA) is 38.8 Å². The van der Waals surface area contributed by atoms with Crippen molar-refractivity contribution in [3.8, 4) is 0 Å². The largest absolute Gasteiger partial charge is 0.444 e. The molecule has 2 unspecified atom stereocenters. The van der Waals surface area contributed by atoms with Crippen LogP contribution in [0.15, 0.2) is 29.8 Å². The molecule has 3 rings (SSSR count). The van der Waals surface area contributed by atoms with E-state index in [9.17, 15) is 22.4 Å². The fourth-order valence-corrected chi connectivity index (χ4v) is 3.59. The Bertz CT molecular complexity index is 783. The van der Waals surface area contributed by atoms with Crippen LogP contribution in [0.4, 0.5) is 22.4 Å². The molecule has 1 saturated heterocycles. The molecule has 4 nitrogen and oxygen atoms in total. The van der Waals surface area contributed by atoms with Crippen LogP contribution in [0, 0.1) is 5.82 Å². The molecule has 2 bridgehead atoms. The summed E-state index contributed by atoms with van der Waals surface area (Å²) in [5.74, 6) is -0.917. The van der Waals surface area contributed by atoms with Crippen LogP contribution in [0.5, 0.6) is 0 Å². The number of hydrogen-bond acceptors (Lipinski definition) is 3. The van der Waals surface area contributed by atoms with Gasteiger partial charge in [0, 0.05) is 0 Å². The SMILES string of the molecule is CC(C)(C)OC(=O)N1C2C=C(Cc3cc(F)cc(C(F)(F)F)c3)CC1COC2. The molecule has 2 heterocycles. The summed E-state index contributed by atoms with van der Waals surface area (Å²) in [7, 11) is 0. The zero-order chi connectivity index (χ0) is 20.7. The lowest BCUT2D eigenvalue weighted by Crippen LogP contribution is -2.57. The molecule has 8 heteroatoms. The average molecular weight is 401 g/mol. The van der Waals surface area contributed by atoms with Crippen molar-refractivity contribution in [3.05, 3.63) is 46.8 Å². The highest BCUT2D eigenvalue weighted by molar-refractivity contribution is 5.70. The maximum Gasteiger partial charge on any atom is 0.416 e. The van der Waals surface area contributed by atoms with Gasteiger partial charge in [0.15, 0.2) is 0 Å². The van der Waals surface area contributed by atoms with Gasteiger partial charge in [0.1, 0.15) is 11.4 Å². The molecule has 0 N–H and O–H groups in total. The third-order valence-electron chi connectivity index (χ3n) is 4.60. The Morgan fingerprint density at radius 3 is 2.54 bits per heavy atom. The Hall–Kier alpha value is -2.09. The number of fused-ring (bicyclic) bond motifs is 2. The Kier molecular flexibility index (Phi) is 5.44. The number of benzene rings is 1. The van der Waals surface area contributed by atoms with Crippen LogP contribution in [0.2, 0.25) is 0 Å². The summed E-state index contributed by atoms with van der Waals surface area (Å²) >= 11 is 0. The van der Waals surface area contributed by atoms with Crippen molar-refractivity contribution in [1.29, 1.82) is 0 Å². The second-order valence-electron chi connectivity index (χ2n) is 8.20. The van der Waals surface area contributed by atoms with Gasteiger partial charge in [-0.25, -0.2) is 9.18 Å². The van der Waals surface area contributed by atoms with Crippen LogP contribution in [0.1, 0.15) is 38.3 Å². The number of nitrogens with zero attached hydrogens (tertiary/aromatic N) is 1. The van der Waals surface area contributed by atoms with Crippen LogP contribution < -0.4 is 0 Å². The van der Waals surface area contributed by atoms with Crippen molar-refractivity contribution < 1.29 is 31.8 Å². The molecule has 28 heavy (non-hydrogen) atoms. The van der Waals surface area contributed by atoms with Crippen molar-refractivity contribution in [2.24, 2.45) is 0 Å². The molecule has 2 atom stereocenters. The summed E-state index contributed by atoms with van der Waals surface area (Å²) < 4.78 is 63.5. The molecule has 0 saturated carbocycles. The number of halogens is 4. The first-order valence-corrected chi connectivity index (χ1v) is 9.08. The predicted octanol–water partition coefficient (Wildman–Crippen LogP) is 4.72. The highest BCUT2D eigenvalue weighted by Crippen LogP contribution is 2.33. The van der Waals surface area contributed by atoms with E-state index < -0.39 is 29.3 Å². The lowest BCUT2D eigenvalue weighted by Gasteiger charge is -2.44. The highest BCUT2D eigenvalue weighted by atomic mass is 19.4. The van der Waals surface area contributed by atoms with Crippen molar-refractivity contribution in [3.63, 3.8) is 0 Å². The fraction of sp³-hybridized carbons (Fsp3) is 0.550. The maximum atomic E-state index is 13.7. The smallest absolute Gasteiger partial charge is 0.416 e. The Morgan fingerprint density at radius 1 is 1.21 bits per heavy atom. The zero-order valence-electron chi connectivity index (χ0n) is 16.0. The third-order valence-corrected chi connectivity index (χ3v) is 4.60. The fourth-order valence-electron chi connectivity index (χ4n) is 3.59. The van der Waals surface area contributed by atoms with E-state index in [4.69, 9.17) is 9.47 Å². The molecule has 1 aromatic rings. The predicted molar refractivity (Wildman–Crippen MR) is 94.3 cm³/mol. The first kappa shape index (κ1) is 20.6. The van der Waals surface area contributed by atoms with E-state index >= 15 is 0 Å².